The van der Waals surface area contributed by atoms with E-state index < -0.39 is 0 Å². The molecule has 3 nitrogen and oxygen atoms in total. The molecule has 13 heavy (non-hydrogen) atoms. The molecule has 1 atom stereocenters. The van der Waals surface area contributed by atoms with Crippen molar-refractivity contribution in [3.05, 3.63) is 11.8 Å². The fourth-order valence-corrected chi connectivity index (χ4v) is 2.11. The van der Waals surface area contributed by atoms with Crippen LogP contribution in [0.4, 0.5) is 5.82 Å². The molecule has 2 heterocycles. The molecule has 1 aliphatic rings. The van der Waals surface area contributed by atoms with Crippen LogP contribution in [0.3, 0.4) is 0 Å². The number of anilines is 1. The van der Waals surface area contributed by atoms with Gasteiger partial charge in [-0.25, -0.2) is 0 Å². The Balaban J connectivity index is 2.22. The molecule has 1 aliphatic heterocycles. The van der Waals surface area contributed by atoms with E-state index in [1.54, 1.807) is 0 Å². The Morgan fingerprint density at radius 2 is 2.54 bits per heavy atom. The van der Waals surface area contributed by atoms with Gasteiger partial charge in [-0.2, -0.15) is 5.10 Å². The number of nitrogen functional groups attached to an aromatic ring is 1. The molecule has 72 valence electrons. The van der Waals surface area contributed by atoms with E-state index in [0.29, 0.717) is 5.82 Å². The molecular formula is C10H17N3. The lowest BCUT2D eigenvalue weighted by molar-refractivity contribution is 0.462. The third kappa shape index (κ3) is 1.69. The van der Waals surface area contributed by atoms with Crippen molar-refractivity contribution in [1.29, 1.82) is 0 Å². The Kier molecular flexibility index (Phi) is 2.25. The van der Waals surface area contributed by atoms with Gasteiger partial charge in [0.2, 0.25) is 0 Å². The van der Waals surface area contributed by atoms with Crippen LogP contribution in [-0.4, -0.2) is 9.78 Å². The number of hydrogen-bond donors (Lipinski definition) is 1. The number of nitrogens with zero attached hydrogens (tertiary/aromatic N) is 2. The topological polar surface area (TPSA) is 43.8 Å². The predicted octanol–water partition coefficient (Wildman–Crippen LogP) is 1.83. The maximum atomic E-state index is 5.66. The summed E-state index contributed by atoms with van der Waals surface area (Å²) in [4.78, 5) is 0. The molecule has 0 saturated heterocycles. The van der Waals surface area contributed by atoms with Crippen molar-refractivity contribution in [2.24, 2.45) is 5.92 Å². The van der Waals surface area contributed by atoms with Crippen molar-refractivity contribution < 1.29 is 0 Å². The second kappa shape index (κ2) is 3.40. The van der Waals surface area contributed by atoms with Crippen LogP contribution in [0.1, 0.15) is 31.9 Å². The summed E-state index contributed by atoms with van der Waals surface area (Å²) in [7, 11) is 0. The van der Waals surface area contributed by atoms with Crippen LogP contribution in [0.2, 0.25) is 0 Å². The fourth-order valence-electron chi connectivity index (χ4n) is 2.11. The highest BCUT2D eigenvalue weighted by atomic mass is 15.3. The third-order valence-corrected chi connectivity index (χ3v) is 2.94. The van der Waals surface area contributed by atoms with E-state index >= 15 is 0 Å². The molecule has 0 fully saturated rings. The van der Waals surface area contributed by atoms with Gasteiger partial charge < -0.3 is 5.73 Å². The van der Waals surface area contributed by atoms with E-state index in [2.05, 4.69) is 16.7 Å². The molecule has 1 aromatic rings. The standard InChI is InChI=1S/C10H17N3/c1-2-8-4-3-5-13-9(6-8)7-10(11)12-13/h7-8H,2-6H2,1H3,(H2,11,12). The lowest BCUT2D eigenvalue weighted by Crippen LogP contribution is -2.03. The minimum atomic E-state index is 0.673. The van der Waals surface area contributed by atoms with Crippen LogP contribution in [0.25, 0.3) is 0 Å². The van der Waals surface area contributed by atoms with Gasteiger partial charge in [-0.15, -0.1) is 0 Å². The van der Waals surface area contributed by atoms with Crippen molar-refractivity contribution in [1.82, 2.24) is 9.78 Å². The third-order valence-electron chi connectivity index (χ3n) is 2.94. The van der Waals surface area contributed by atoms with E-state index in [1.807, 2.05) is 6.07 Å². The molecule has 0 radical (unpaired) electrons. The van der Waals surface area contributed by atoms with Crippen molar-refractivity contribution in [3.8, 4) is 0 Å². The zero-order valence-corrected chi connectivity index (χ0v) is 8.16. The van der Waals surface area contributed by atoms with Gasteiger partial charge in [-0.1, -0.05) is 13.3 Å². The number of fused-ring (bicyclic) bond motifs is 1. The largest absolute Gasteiger partial charge is 0.382 e. The Hall–Kier alpha value is -0.990. The van der Waals surface area contributed by atoms with E-state index in [1.165, 1.54) is 25.0 Å². The van der Waals surface area contributed by atoms with Gasteiger partial charge in [0, 0.05) is 18.3 Å². The quantitative estimate of drug-likeness (QED) is 0.714. The molecule has 0 saturated carbocycles. The first-order valence-electron chi connectivity index (χ1n) is 5.11. The summed E-state index contributed by atoms with van der Waals surface area (Å²) in [5.74, 6) is 1.50. The fraction of sp³-hybridized carbons (Fsp3) is 0.700. The molecule has 0 spiro atoms. The number of rotatable bonds is 1. The van der Waals surface area contributed by atoms with Gasteiger partial charge >= 0.3 is 0 Å². The SMILES string of the molecule is CCC1CCCn2nc(N)cc2C1. The summed E-state index contributed by atoms with van der Waals surface area (Å²) in [5, 5.41) is 4.27. The van der Waals surface area contributed by atoms with Crippen molar-refractivity contribution in [2.75, 3.05) is 5.73 Å². The van der Waals surface area contributed by atoms with Gasteiger partial charge in [-0.05, 0) is 25.2 Å². The lowest BCUT2D eigenvalue weighted by Gasteiger charge is -2.08. The summed E-state index contributed by atoms with van der Waals surface area (Å²) >= 11 is 0. The number of nitrogens with two attached hydrogens (primary N) is 1. The van der Waals surface area contributed by atoms with Gasteiger partial charge in [0.25, 0.3) is 0 Å². The molecule has 0 amide bonds. The van der Waals surface area contributed by atoms with E-state index in [0.717, 1.165) is 18.9 Å². The van der Waals surface area contributed by atoms with Crippen molar-refractivity contribution >= 4 is 5.82 Å². The minimum absolute atomic E-state index is 0.673. The van der Waals surface area contributed by atoms with Crippen LogP contribution in [0.15, 0.2) is 6.07 Å². The highest BCUT2D eigenvalue weighted by Gasteiger charge is 2.16. The van der Waals surface area contributed by atoms with Gasteiger partial charge in [0.15, 0.2) is 0 Å². The Morgan fingerprint density at radius 3 is 3.31 bits per heavy atom. The summed E-state index contributed by atoms with van der Waals surface area (Å²) in [6.45, 7) is 3.31. The maximum Gasteiger partial charge on any atom is 0.145 e. The van der Waals surface area contributed by atoms with Gasteiger partial charge in [0.05, 0.1) is 0 Å². The molecular weight excluding hydrogens is 162 g/mol. The molecule has 2 N–H and O–H groups in total. The lowest BCUT2D eigenvalue weighted by atomic mass is 9.96. The highest BCUT2D eigenvalue weighted by molar-refractivity contribution is 5.29. The van der Waals surface area contributed by atoms with Crippen molar-refractivity contribution in [2.45, 2.75) is 39.2 Å². The zero-order valence-electron chi connectivity index (χ0n) is 8.16. The summed E-state index contributed by atoms with van der Waals surface area (Å²) in [6, 6.07) is 2.02. The van der Waals surface area contributed by atoms with Gasteiger partial charge in [0.1, 0.15) is 5.82 Å². The van der Waals surface area contributed by atoms with Crippen molar-refractivity contribution in [3.63, 3.8) is 0 Å². The average molecular weight is 179 g/mol. The maximum absolute atomic E-state index is 5.66. The molecule has 0 aromatic carbocycles. The molecule has 0 aliphatic carbocycles. The Labute approximate surface area is 78.9 Å². The zero-order chi connectivity index (χ0) is 9.26. The molecule has 2 rings (SSSR count). The molecule has 0 bridgehead atoms. The number of aromatic nitrogens is 2. The highest BCUT2D eigenvalue weighted by Crippen LogP contribution is 2.23. The van der Waals surface area contributed by atoms with Crippen LogP contribution >= 0.6 is 0 Å². The second-order valence-corrected chi connectivity index (χ2v) is 3.90. The normalized spacial score (nSPS) is 22.4. The molecule has 1 aromatic heterocycles. The Bertz CT molecular complexity index is 290. The van der Waals surface area contributed by atoms with E-state index in [4.69, 9.17) is 5.73 Å². The summed E-state index contributed by atoms with van der Waals surface area (Å²) in [5.41, 5.74) is 6.99. The molecule has 1 unspecified atom stereocenters. The van der Waals surface area contributed by atoms with Gasteiger partial charge in [-0.3, -0.25) is 4.68 Å². The number of hydrogen-bond acceptors (Lipinski definition) is 2. The first-order valence-corrected chi connectivity index (χ1v) is 5.11. The first kappa shape index (κ1) is 8.60. The predicted molar refractivity (Wildman–Crippen MR) is 53.4 cm³/mol. The Morgan fingerprint density at radius 1 is 1.69 bits per heavy atom. The van der Waals surface area contributed by atoms with Crippen LogP contribution < -0.4 is 5.73 Å². The average Bonchev–Trinajstić information content (AvgIpc) is 2.33. The smallest absolute Gasteiger partial charge is 0.145 e. The summed E-state index contributed by atoms with van der Waals surface area (Å²) < 4.78 is 2.07. The number of aryl methyl sites for hydroxylation is 1. The van der Waals surface area contributed by atoms with Crippen LogP contribution in [0.5, 0.6) is 0 Å². The van der Waals surface area contributed by atoms with E-state index in [9.17, 15) is 0 Å². The van der Waals surface area contributed by atoms with Crippen LogP contribution in [0, 0.1) is 5.92 Å². The minimum Gasteiger partial charge on any atom is -0.382 e. The first-order chi connectivity index (χ1) is 6.29. The van der Waals surface area contributed by atoms with E-state index in [-0.39, 0.29) is 0 Å². The monoisotopic (exact) mass is 179 g/mol. The van der Waals surface area contributed by atoms with Crippen LogP contribution in [-0.2, 0) is 13.0 Å². The molecule has 3 heteroatoms. The summed E-state index contributed by atoms with van der Waals surface area (Å²) in [6.07, 6.45) is 5.00. The second-order valence-electron chi connectivity index (χ2n) is 3.90.